The molecular weight excluding hydrogens is 153 g/mol. The van der Waals surface area contributed by atoms with Gasteiger partial charge in [0.15, 0.2) is 0 Å². The van der Waals surface area contributed by atoms with Crippen molar-refractivity contribution in [2.75, 3.05) is 7.05 Å². The monoisotopic (exact) mass is 167 g/mol. The van der Waals surface area contributed by atoms with E-state index in [9.17, 15) is 4.39 Å². The highest BCUT2D eigenvalue weighted by atomic mass is 19.1. The zero-order chi connectivity index (χ0) is 8.97. The van der Waals surface area contributed by atoms with Gasteiger partial charge in [-0.05, 0) is 25.1 Å². The summed E-state index contributed by atoms with van der Waals surface area (Å²) >= 11 is 0. The molecule has 0 unspecified atom stereocenters. The van der Waals surface area contributed by atoms with Gasteiger partial charge in [0, 0.05) is 12.1 Å². The predicted octanol–water partition coefficient (Wildman–Crippen LogP) is 2.11. The lowest BCUT2D eigenvalue weighted by atomic mass is 10.1. The van der Waals surface area contributed by atoms with Crippen molar-refractivity contribution in [3.8, 4) is 0 Å². The van der Waals surface area contributed by atoms with Crippen LogP contribution in [0.15, 0.2) is 18.2 Å². The second-order valence-electron chi connectivity index (χ2n) is 2.81. The van der Waals surface area contributed by atoms with Crippen molar-refractivity contribution in [2.45, 2.75) is 19.9 Å². The molecule has 1 aromatic rings. The van der Waals surface area contributed by atoms with Gasteiger partial charge >= 0.3 is 0 Å². The second kappa shape index (κ2) is 4.21. The predicted molar refractivity (Wildman–Crippen MR) is 48.5 cm³/mol. The van der Waals surface area contributed by atoms with Gasteiger partial charge in [0.05, 0.1) is 0 Å². The summed E-state index contributed by atoms with van der Waals surface area (Å²) in [5, 5.41) is 2.92. The number of hydrogen-bond donors (Lipinski definition) is 1. The topological polar surface area (TPSA) is 12.0 Å². The van der Waals surface area contributed by atoms with Gasteiger partial charge in [-0.2, -0.15) is 0 Å². The van der Waals surface area contributed by atoms with E-state index < -0.39 is 0 Å². The third-order valence-electron chi connectivity index (χ3n) is 1.89. The van der Waals surface area contributed by atoms with E-state index in [4.69, 9.17) is 0 Å². The molecule has 66 valence electrons. The summed E-state index contributed by atoms with van der Waals surface area (Å²) in [4.78, 5) is 0. The van der Waals surface area contributed by atoms with Gasteiger partial charge in [-0.15, -0.1) is 0 Å². The van der Waals surface area contributed by atoms with Crippen molar-refractivity contribution in [1.82, 2.24) is 5.32 Å². The first-order chi connectivity index (χ1) is 5.77. The molecule has 0 heterocycles. The maximum Gasteiger partial charge on any atom is 0.127 e. The van der Waals surface area contributed by atoms with Crippen molar-refractivity contribution in [3.05, 3.63) is 35.1 Å². The zero-order valence-electron chi connectivity index (χ0n) is 7.52. The van der Waals surface area contributed by atoms with Crippen LogP contribution in [-0.4, -0.2) is 7.05 Å². The minimum absolute atomic E-state index is 0.108. The van der Waals surface area contributed by atoms with E-state index in [1.165, 1.54) is 0 Å². The highest BCUT2D eigenvalue weighted by Crippen LogP contribution is 2.10. The zero-order valence-corrected chi connectivity index (χ0v) is 7.52. The average Bonchev–Trinajstić information content (AvgIpc) is 2.09. The summed E-state index contributed by atoms with van der Waals surface area (Å²) < 4.78 is 13.2. The number of nitrogens with one attached hydrogen (secondary N) is 1. The molecule has 0 fully saturated rings. The molecule has 0 aliphatic carbocycles. The number of benzene rings is 1. The smallest absolute Gasteiger partial charge is 0.127 e. The van der Waals surface area contributed by atoms with Gasteiger partial charge in [-0.3, -0.25) is 0 Å². The molecule has 2 heteroatoms. The first-order valence-corrected chi connectivity index (χ1v) is 4.19. The third kappa shape index (κ3) is 2.05. The first kappa shape index (κ1) is 9.20. The van der Waals surface area contributed by atoms with Crippen LogP contribution in [0.25, 0.3) is 0 Å². The Hall–Kier alpha value is -0.890. The van der Waals surface area contributed by atoms with Crippen molar-refractivity contribution < 1.29 is 4.39 Å². The summed E-state index contributed by atoms with van der Waals surface area (Å²) in [7, 11) is 1.81. The van der Waals surface area contributed by atoms with E-state index in [1.807, 2.05) is 26.1 Å². The Kier molecular flexibility index (Phi) is 3.23. The minimum Gasteiger partial charge on any atom is -0.316 e. The fourth-order valence-electron chi connectivity index (χ4n) is 1.14. The summed E-state index contributed by atoms with van der Waals surface area (Å²) in [6, 6.07) is 5.41. The average molecular weight is 167 g/mol. The Labute approximate surface area is 72.6 Å². The highest BCUT2D eigenvalue weighted by Gasteiger charge is 2.00. The molecule has 1 aromatic carbocycles. The van der Waals surface area contributed by atoms with E-state index in [1.54, 1.807) is 6.07 Å². The van der Waals surface area contributed by atoms with Crippen molar-refractivity contribution in [3.63, 3.8) is 0 Å². The molecule has 0 aromatic heterocycles. The molecule has 0 radical (unpaired) electrons. The molecule has 0 bridgehead atoms. The van der Waals surface area contributed by atoms with Crippen LogP contribution in [0.2, 0.25) is 0 Å². The van der Waals surface area contributed by atoms with Crippen LogP contribution < -0.4 is 5.32 Å². The summed E-state index contributed by atoms with van der Waals surface area (Å²) in [6.07, 6.45) is 0.886. The molecule has 0 spiro atoms. The largest absolute Gasteiger partial charge is 0.316 e. The second-order valence-corrected chi connectivity index (χ2v) is 2.81. The number of aryl methyl sites for hydroxylation is 1. The van der Waals surface area contributed by atoms with Crippen LogP contribution in [0.4, 0.5) is 4.39 Å². The molecule has 1 N–H and O–H groups in total. The Morgan fingerprint density at radius 1 is 1.42 bits per heavy atom. The normalized spacial score (nSPS) is 10.2. The SMILES string of the molecule is CCc1ccc(CNC)c(F)c1. The summed E-state index contributed by atoms with van der Waals surface area (Å²) in [5.74, 6) is -0.108. The lowest BCUT2D eigenvalue weighted by Crippen LogP contribution is -2.07. The van der Waals surface area contributed by atoms with Crippen LogP contribution >= 0.6 is 0 Å². The van der Waals surface area contributed by atoms with E-state index in [0.29, 0.717) is 6.54 Å². The lowest BCUT2D eigenvalue weighted by molar-refractivity contribution is 0.599. The molecule has 12 heavy (non-hydrogen) atoms. The van der Waals surface area contributed by atoms with Crippen LogP contribution in [-0.2, 0) is 13.0 Å². The molecule has 0 aliphatic rings. The van der Waals surface area contributed by atoms with Crippen LogP contribution in [0, 0.1) is 5.82 Å². The van der Waals surface area contributed by atoms with Crippen molar-refractivity contribution >= 4 is 0 Å². The molecule has 0 saturated heterocycles. The maximum atomic E-state index is 13.2. The fraction of sp³-hybridized carbons (Fsp3) is 0.400. The quantitative estimate of drug-likeness (QED) is 0.727. The van der Waals surface area contributed by atoms with Gasteiger partial charge < -0.3 is 5.32 Å². The third-order valence-corrected chi connectivity index (χ3v) is 1.89. The fourth-order valence-corrected chi connectivity index (χ4v) is 1.14. The Bertz CT molecular complexity index is 258. The van der Waals surface area contributed by atoms with Gasteiger partial charge in [0.25, 0.3) is 0 Å². The van der Waals surface area contributed by atoms with Crippen LogP contribution in [0.3, 0.4) is 0 Å². The minimum atomic E-state index is -0.108. The Morgan fingerprint density at radius 2 is 2.17 bits per heavy atom. The molecule has 0 amide bonds. The van der Waals surface area contributed by atoms with Gasteiger partial charge in [0.1, 0.15) is 5.82 Å². The van der Waals surface area contributed by atoms with E-state index >= 15 is 0 Å². The molecule has 0 aliphatic heterocycles. The van der Waals surface area contributed by atoms with Crippen molar-refractivity contribution in [1.29, 1.82) is 0 Å². The number of rotatable bonds is 3. The van der Waals surface area contributed by atoms with E-state index in [2.05, 4.69) is 5.32 Å². The van der Waals surface area contributed by atoms with Gasteiger partial charge in [-0.1, -0.05) is 19.1 Å². The standard InChI is InChI=1S/C10H14FN/c1-3-8-4-5-9(7-12-2)10(11)6-8/h4-6,12H,3,7H2,1-2H3. The molecule has 0 atom stereocenters. The Balaban J connectivity index is 2.87. The maximum absolute atomic E-state index is 13.2. The summed E-state index contributed by atoms with van der Waals surface area (Å²) in [5.41, 5.74) is 1.78. The van der Waals surface area contributed by atoms with Gasteiger partial charge in [0.2, 0.25) is 0 Å². The van der Waals surface area contributed by atoms with Gasteiger partial charge in [-0.25, -0.2) is 4.39 Å². The molecular formula is C10H14FN. The van der Waals surface area contributed by atoms with Crippen LogP contribution in [0.5, 0.6) is 0 Å². The first-order valence-electron chi connectivity index (χ1n) is 4.19. The molecule has 1 nitrogen and oxygen atoms in total. The lowest BCUT2D eigenvalue weighted by Gasteiger charge is -2.03. The van der Waals surface area contributed by atoms with E-state index in [0.717, 1.165) is 17.5 Å². The highest BCUT2D eigenvalue weighted by molar-refractivity contribution is 5.24. The summed E-state index contributed by atoms with van der Waals surface area (Å²) in [6.45, 7) is 2.61. The molecule has 0 saturated carbocycles. The van der Waals surface area contributed by atoms with E-state index in [-0.39, 0.29) is 5.82 Å². The van der Waals surface area contributed by atoms with Crippen molar-refractivity contribution in [2.24, 2.45) is 0 Å². The van der Waals surface area contributed by atoms with Crippen LogP contribution in [0.1, 0.15) is 18.1 Å². The number of hydrogen-bond acceptors (Lipinski definition) is 1. The molecule has 1 rings (SSSR count). The number of halogens is 1. The Morgan fingerprint density at radius 3 is 2.67 bits per heavy atom.